The molecule has 1 fully saturated rings. The van der Waals surface area contributed by atoms with E-state index in [-0.39, 0.29) is 5.82 Å². The summed E-state index contributed by atoms with van der Waals surface area (Å²) in [7, 11) is 0. The van der Waals surface area contributed by atoms with Gasteiger partial charge in [-0.05, 0) is 49.6 Å². The fraction of sp³-hybridized carbons (Fsp3) is 0.375. The van der Waals surface area contributed by atoms with E-state index >= 15 is 0 Å². The number of rotatable bonds is 2. The van der Waals surface area contributed by atoms with Crippen molar-refractivity contribution in [2.24, 2.45) is 0 Å². The Hall–Kier alpha value is -1.48. The van der Waals surface area contributed by atoms with Crippen LogP contribution in [0.4, 0.5) is 4.39 Å². The zero-order valence-electron chi connectivity index (χ0n) is 11.4. The molecule has 104 valence electrons. The Kier molecular flexibility index (Phi) is 3.70. The van der Waals surface area contributed by atoms with Gasteiger partial charge in [0.1, 0.15) is 11.0 Å². The van der Waals surface area contributed by atoms with E-state index in [1.807, 2.05) is 19.1 Å². The predicted molar refractivity (Wildman–Crippen MR) is 78.4 cm³/mol. The van der Waals surface area contributed by atoms with Crippen LogP contribution in [0.3, 0.4) is 0 Å². The van der Waals surface area contributed by atoms with Crippen LogP contribution >= 0.6 is 11.6 Å². The lowest BCUT2D eigenvalue weighted by atomic mass is 10.0. The molecule has 1 aliphatic carbocycles. The SMILES string of the molecule is Cc1cc(F)cc(-c2nc(Cl)cc(C3CCCC3)n2)c1. The quantitative estimate of drug-likeness (QED) is 0.735. The summed E-state index contributed by atoms with van der Waals surface area (Å²) in [5.41, 5.74) is 2.52. The van der Waals surface area contributed by atoms with E-state index in [0.29, 0.717) is 22.5 Å². The molecule has 1 aliphatic rings. The van der Waals surface area contributed by atoms with Gasteiger partial charge >= 0.3 is 0 Å². The molecule has 0 aliphatic heterocycles. The molecule has 1 aromatic carbocycles. The highest BCUT2D eigenvalue weighted by Gasteiger charge is 2.20. The molecule has 20 heavy (non-hydrogen) atoms. The van der Waals surface area contributed by atoms with Crippen LogP contribution in [0.15, 0.2) is 24.3 Å². The van der Waals surface area contributed by atoms with E-state index in [2.05, 4.69) is 9.97 Å². The Morgan fingerprint density at radius 3 is 2.55 bits per heavy atom. The summed E-state index contributed by atoms with van der Waals surface area (Å²) < 4.78 is 13.5. The van der Waals surface area contributed by atoms with Crippen molar-refractivity contribution < 1.29 is 4.39 Å². The van der Waals surface area contributed by atoms with Crippen LogP contribution in [0.25, 0.3) is 11.4 Å². The van der Waals surface area contributed by atoms with Gasteiger partial charge in [0.2, 0.25) is 0 Å². The highest BCUT2D eigenvalue weighted by Crippen LogP contribution is 2.34. The second kappa shape index (κ2) is 5.49. The summed E-state index contributed by atoms with van der Waals surface area (Å²) in [6, 6.07) is 6.67. The molecular weight excluding hydrogens is 275 g/mol. The van der Waals surface area contributed by atoms with Crippen molar-refractivity contribution in [2.45, 2.75) is 38.5 Å². The van der Waals surface area contributed by atoms with Gasteiger partial charge in [-0.1, -0.05) is 24.4 Å². The number of nitrogens with zero attached hydrogens (tertiary/aromatic N) is 2. The minimum absolute atomic E-state index is 0.272. The summed E-state index contributed by atoms with van der Waals surface area (Å²) >= 11 is 6.11. The molecule has 0 amide bonds. The summed E-state index contributed by atoms with van der Waals surface area (Å²) in [5, 5.41) is 0.429. The van der Waals surface area contributed by atoms with E-state index in [1.54, 1.807) is 0 Å². The maximum Gasteiger partial charge on any atom is 0.161 e. The van der Waals surface area contributed by atoms with Crippen molar-refractivity contribution in [1.29, 1.82) is 0 Å². The maximum atomic E-state index is 13.5. The molecule has 0 spiro atoms. The standard InChI is InChI=1S/C16H16ClFN2/c1-10-6-12(8-13(18)7-10)16-19-14(9-15(17)20-16)11-4-2-3-5-11/h6-9,11H,2-5H2,1H3. The zero-order chi connectivity index (χ0) is 14.1. The summed E-state index contributed by atoms with van der Waals surface area (Å²) in [6.07, 6.45) is 4.77. The lowest BCUT2D eigenvalue weighted by Crippen LogP contribution is -2.01. The van der Waals surface area contributed by atoms with Crippen molar-refractivity contribution in [1.82, 2.24) is 9.97 Å². The van der Waals surface area contributed by atoms with Crippen molar-refractivity contribution >= 4 is 11.6 Å². The van der Waals surface area contributed by atoms with Crippen molar-refractivity contribution in [3.8, 4) is 11.4 Å². The molecular formula is C16H16ClFN2. The maximum absolute atomic E-state index is 13.5. The molecule has 1 aromatic heterocycles. The van der Waals surface area contributed by atoms with Gasteiger partial charge in [0.05, 0.1) is 0 Å². The minimum Gasteiger partial charge on any atom is -0.233 e. The van der Waals surface area contributed by atoms with Gasteiger partial charge in [-0.15, -0.1) is 0 Å². The summed E-state index contributed by atoms with van der Waals surface area (Å²) in [6.45, 7) is 1.86. The number of hydrogen-bond donors (Lipinski definition) is 0. The van der Waals surface area contributed by atoms with Crippen LogP contribution in [0.1, 0.15) is 42.9 Å². The number of halogens is 2. The second-order valence-corrected chi connectivity index (χ2v) is 5.83. The Balaban J connectivity index is 2.04. The van der Waals surface area contributed by atoms with Crippen LogP contribution < -0.4 is 0 Å². The van der Waals surface area contributed by atoms with Crippen molar-refractivity contribution in [2.75, 3.05) is 0 Å². The molecule has 2 nitrogen and oxygen atoms in total. The summed E-state index contributed by atoms with van der Waals surface area (Å²) in [4.78, 5) is 8.85. The van der Waals surface area contributed by atoms with Gasteiger partial charge in [-0.2, -0.15) is 0 Å². The third kappa shape index (κ3) is 2.83. The number of aryl methyl sites for hydroxylation is 1. The Bertz CT molecular complexity index is 616. The lowest BCUT2D eigenvalue weighted by Gasteiger charge is -2.11. The normalized spacial score (nSPS) is 15.8. The third-order valence-corrected chi connectivity index (χ3v) is 3.98. The molecule has 0 unspecified atom stereocenters. The average Bonchev–Trinajstić information content (AvgIpc) is 2.90. The fourth-order valence-electron chi connectivity index (χ4n) is 2.86. The van der Waals surface area contributed by atoms with Gasteiger partial charge in [0.15, 0.2) is 5.82 Å². The smallest absolute Gasteiger partial charge is 0.161 e. The summed E-state index contributed by atoms with van der Waals surface area (Å²) in [5.74, 6) is 0.705. The van der Waals surface area contributed by atoms with Crippen LogP contribution in [0.2, 0.25) is 5.15 Å². The lowest BCUT2D eigenvalue weighted by molar-refractivity contribution is 0.627. The average molecular weight is 291 g/mol. The molecule has 0 bridgehead atoms. The van der Waals surface area contributed by atoms with E-state index < -0.39 is 0 Å². The number of benzene rings is 1. The first-order chi connectivity index (χ1) is 9.61. The molecule has 0 saturated heterocycles. The Morgan fingerprint density at radius 2 is 1.85 bits per heavy atom. The van der Waals surface area contributed by atoms with E-state index in [9.17, 15) is 4.39 Å². The monoisotopic (exact) mass is 290 g/mol. The van der Waals surface area contributed by atoms with Crippen molar-refractivity contribution in [3.05, 3.63) is 46.5 Å². The number of hydrogen-bond acceptors (Lipinski definition) is 2. The Morgan fingerprint density at radius 1 is 1.10 bits per heavy atom. The second-order valence-electron chi connectivity index (χ2n) is 5.44. The van der Waals surface area contributed by atoms with E-state index in [0.717, 1.165) is 24.1 Å². The van der Waals surface area contributed by atoms with Crippen molar-refractivity contribution in [3.63, 3.8) is 0 Å². The van der Waals surface area contributed by atoms with E-state index in [1.165, 1.54) is 25.0 Å². The van der Waals surface area contributed by atoms with Crippen LogP contribution in [0.5, 0.6) is 0 Å². The molecule has 0 atom stereocenters. The molecule has 4 heteroatoms. The van der Waals surface area contributed by atoms with Crippen LogP contribution in [0, 0.1) is 12.7 Å². The Labute approximate surface area is 123 Å². The minimum atomic E-state index is -0.272. The van der Waals surface area contributed by atoms with Gasteiger partial charge in [-0.25, -0.2) is 14.4 Å². The fourth-order valence-corrected chi connectivity index (χ4v) is 3.05. The highest BCUT2D eigenvalue weighted by molar-refractivity contribution is 6.29. The van der Waals surface area contributed by atoms with Gasteiger partial charge in [0.25, 0.3) is 0 Å². The predicted octanol–water partition coefficient (Wildman–Crippen LogP) is 4.90. The third-order valence-electron chi connectivity index (χ3n) is 3.79. The largest absolute Gasteiger partial charge is 0.233 e. The first-order valence-corrected chi connectivity index (χ1v) is 7.31. The molecule has 1 saturated carbocycles. The zero-order valence-corrected chi connectivity index (χ0v) is 12.1. The van der Waals surface area contributed by atoms with Gasteiger partial charge in [0, 0.05) is 17.2 Å². The molecule has 1 heterocycles. The van der Waals surface area contributed by atoms with Gasteiger partial charge in [-0.3, -0.25) is 0 Å². The number of aromatic nitrogens is 2. The molecule has 3 rings (SSSR count). The topological polar surface area (TPSA) is 25.8 Å². The van der Waals surface area contributed by atoms with Gasteiger partial charge < -0.3 is 0 Å². The first kappa shape index (κ1) is 13.5. The highest BCUT2D eigenvalue weighted by atomic mass is 35.5. The first-order valence-electron chi connectivity index (χ1n) is 6.94. The van der Waals surface area contributed by atoms with Crippen LogP contribution in [-0.4, -0.2) is 9.97 Å². The van der Waals surface area contributed by atoms with Crippen LogP contribution in [-0.2, 0) is 0 Å². The molecule has 0 radical (unpaired) electrons. The molecule has 0 N–H and O–H groups in total. The molecule has 2 aromatic rings. The van der Waals surface area contributed by atoms with E-state index in [4.69, 9.17) is 11.6 Å².